The highest BCUT2D eigenvalue weighted by atomic mass is 32.1. The predicted octanol–water partition coefficient (Wildman–Crippen LogP) is 3.09. The number of nitrogens with zero attached hydrogens (tertiary/aromatic N) is 1. The van der Waals surface area contributed by atoms with Crippen LogP contribution in [0.15, 0.2) is 24.3 Å². The lowest BCUT2D eigenvalue weighted by Gasteiger charge is -2.19. The number of para-hydroxylation sites is 1. The summed E-state index contributed by atoms with van der Waals surface area (Å²) in [5.74, 6) is 0.873. The average molecular weight is 306 g/mol. The Bertz CT molecular complexity index is 564. The fraction of sp³-hybridized carbons (Fsp3) is 0.438. The molecule has 0 aliphatic rings. The molecule has 1 atom stereocenters. The van der Waals surface area contributed by atoms with Crippen molar-refractivity contribution in [2.24, 2.45) is 0 Å². The summed E-state index contributed by atoms with van der Waals surface area (Å²) in [5.41, 5.74) is 2.19. The summed E-state index contributed by atoms with van der Waals surface area (Å²) in [6.45, 7) is 5.57. The Hall–Kier alpha value is -1.43. The summed E-state index contributed by atoms with van der Waals surface area (Å²) < 4.78 is 10.6. The van der Waals surface area contributed by atoms with Gasteiger partial charge in [0.2, 0.25) is 0 Å². The molecule has 0 fully saturated rings. The Morgan fingerprint density at radius 2 is 2.00 bits per heavy atom. The molecule has 1 N–H and O–H groups in total. The molecule has 21 heavy (non-hydrogen) atoms. The molecule has 4 nitrogen and oxygen atoms in total. The van der Waals surface area contributed by atoms with Gasteiger partial charge in [-0.3, -0.25) is 0 Å². The Labute approximate surface area is 130 Å². The fourth-order valence-electron chi connectivity index (χ4n) is 2.16. The van der Waals surface area contributed by atoms with E-state index in [1.54, 1.807) is 25.6 Å². The number of aryl methyl sites for hydroxylation is 2. The Kier molecular flexibility index (Phi) is 5.73. The minimum absolute atomic E-state index is 0.0219. The second-order valence-corrected chi connectivity index (χ2v) is 6.05. The summed E-state index contributed by atoms with van der Waals surface area (Å²) in [5, 5.41) is 4.57. The number of rotatable bonds is 7. The normalized spacial score (nSPS) is 12.4. The molecule has 1 aromatic heterocycles. The third-order valence-corrected chi connectivity index (χ3v) is 4.53. The van der Waals surface area contributed by atoms with Crippen molar-refractivity contribution in [2.45, 2.75) is 19.9 Å². The highest BCUT2D eigenvalue weighted by Gasteiger charge is 2.21. The molecule has 114 valence electrons. The van der Waals surface area contributed by atoms with Crippen molar-refractivity contribution in [2.75, 3.05) is 27.4 Å². The van der Waals surface area contributed by atoms with E-state index < -0.39 is 0 Å². The molecule has 1 aromatic carbocycles. The van der Waals surface area contributed by atoms with Crippen LogP contribution in [0.25, 0.3) is 0 Å². The highest BCUT2D eigenvalue weighted by Crippen LogP contribution is 2.32. The van der Waals surface area contributed by atoms with Crippen molar-refractivity contribution in [3.63, 3.8) is 0 Å². The molecule has 0 saturated heterocycles. The van der Waals surface area contributed by atoms with E-state index in [0.29, 0.717) is 6.61 Å². The van der Waals surface area contributed by atoms with Crippen molar-refractivity contribution in [1.29, 1.82) is 0 Å². The lowest BCUT2D eigenvalue weighted by atomic mass is 10.1. The lowest BCUT2D eigenvalue weighted by Crippen LogP contribution is -2.26. The fourth-order valence-corrected chi connectivity index (χ4v) is 3.18. The Morgan fingerprint density at radius 3 is 2.62 bits per heavy atom. The van der Waals surface area contributed by atoms with E-state index in [1.165, 1.54) is 4.88 Å². The quantitative estimate of drug-likeness (QED) is 0.798. The van der Waals surface area contributed by atoms with Crippen LogP contribution in [0.3, 0.4) is 0 Å². The number of ether oxygens (including phenoxy) is 2. The molecule has 2 aromatic rings. The molecule has 0 aliphatic carbocycles. The smallest absolute Gasteiger partial charge is 0.124 e. The number of hydrogen-bond donors (Lipinski definition) is 1. The third kappa shape index (κ3) is 3.81. The standard InChI is InChI=1S/C16H22N2O2S/c1-11-12(2)21-16(18-11)15(17-9-10-19-3)13-7-5-6-8-14(13)20-4/h5-8,15,17H,9-10H2,1-4H3. The van der Waals surface area contributed by atoms with Crippen LogP contribution in [0.4, 0.5) is 0 Å². The van der Waals surface area contributed by atoms with Crippen LogP contribution in [-0.4, -0.2) is 32.4 Å². The third-order valence-electron chi connectivity index (χ3n) is 3.40. The number of nitrogens with one attached hydrogen (secondary N) is 1. The van der Waals surface area contributed by atoms with Crippen molar-refractivity contribution < 1.29 is 9.47 Å². The van der Waals surface area contributed by atoms with Gasteiger partial charge in [0.25, 0.3) is 0 Å². The predicted molar refractivity (Wildman–Crippen MR) is 86.3 cm³/mol. The molecule has 0 spiro atoms. The minimum atomic E-state index is 0.0219. The summed E-state index contributed by atoms with van der Waals surface area (Å²) in [6, 6.07) is 8.08. The second kappa shape index (κ2) is 7.54. The van der Waals surface area contributed by atoms with Gasteiger partial charge in [-0.05, 0) is 19.9 Å². The minimum Gasteiger partial charge on any atom is -0.496 e. The first-order chi connectivity index (χ1) is 10.2. The monoisotopic (exact) mass is 306 g/mol. The highest BCUT2D eigenvalue weighted by molar-refractivity contribution is 7.11. The first-order valence-electron chi connectivity index (χ1n) is 6.96. The van der Waals surface area contributed by atoms with Gasteiger partial charge in [0.15, 0.2) is 0 Å². The number of hydrogen-bond acceptors (Lipinski definition) is 5. The number of benzene rings is 1. The summed E-state index contributed by atoms with van der Waals surface area (Å²) in [7, 11) is 3.40. The van der Waals surface area contributed by atoms with Crippen LogP contribution in [0.1, 0.15) is 27.2 Å². The largest absolute Gasteiger partial charge is 0.496 e. The van der Waals surface area contributed by atoms with Crippen molar-refractivity contribution in [3.05, 3.63) is 45.4 Å². The second-order valence-electron chi connectivity index (χ2n) is 4.82. The zero-order chi connectivity index (χ0) is 15.2. The number of methoxy groups -OCH3 is 2. The van der Waals surface area contributed by atoms with E-state index in [9.17, 15) is 0 Å². The maximum Gasteiger partial charge on any atom is 0.124 e. The van der Waals surface area contributed by atoms with Gasteiger partial charge in [-0.2, -0.15) is 0 Å². The molecular weight excluding hydrogens is 284 g/mol. The van der Waals surface area contributed by atoms with Gasteiger partial charge in [-0.25, -0.2) is 4.98 Å². The molecule has 0 amide bonds. The zero-order valence-corrected chi connectivity index (χ0v) is 13.8. The van der Waals surface area contributed by atoms with Gasteiger partial charge in [0, 0.05) is 24.1 Å². The molecule has 0 saturated carbocycles. The zero-order valence-electron chi connectivity index (χ0n) is 13.0. The van der Waals surface area contributed by atoms with Crippen LogP contribution in [-0.2, 0) is 4.74 Å². The van der Waals surface area contributed by atoms with Gasteiger partial charge in [-0.15, -0.1) is 11.3 Å². The van der Waals surface area contributed by atoms with Crippen LogP contribution in [0, 0.1) is 13.8 Å². The first-order valence-corrected chi connectivity index (χ1v) is 7.78. The van der Waals surface area contributed by atoms with E-state index >= 15 is 0 Å². The van der Waals surface area contributed by atoms with Gasteiger partial charge in [0.1, 0.15) is 10.8 Å². The lowest BCUT2D eigenvalue weighted by molar-refractivity contribution is 0.197. The molecule has 0 radical (unpaired) electrons. The molecule has 1 heterocycles. The van der Waals surface area contributed by atoms with Crippen LogP contribution >= 0.6 is 11.3 Å². The molecule has 0 bridgehead atoms. The van der Waals surface area contributed by atoms with Gasteiger partial charge in [0.05, 0.1) is 25.5 Å². The summed E-state index contributed by atoms with van der Waals surface area (Å²) in [4.78, 5) is 5.95. The van der Waals surface area contributed by atoms with Gasteiger partial charge < -0.3 is 14.8 Å². The number of aromatic nitrogens is 1. The van der Waals surface area contributed by atoms with Crippen LogP contribution in [0.2, 0.25) is 0 Å². The molecular formula is C16H22N2O2S. The van der Waals surface area contributed by atoms with E-state index in [0.717, 1.165) is 28.6 Å². The molecule has 5 heteroatoms. The van der Waals surface area contributed by atoms with E-state index in [4.69, 9.17) is 14.5 Å². The summed E-state index contributed by atoms with van der Waals surface area (Å²) >= 11 is 1.72. The van der Waals surface area contributed by atoms with Crippen molar-refractivity contribution >= 4 is 11.3 Å². The van der Waals surface area contributed by atoms with Crippen LogP contribution in [0.5, 0.6) is 5.75 Å². The molecule has 0 aliphatic heterocycles. The summed E-state index contributed by atoms with van der Waals surface area (Å²) in [6.07, 6.45) is 0. The van der Waals surface area contributed by atoms with E-state index in [1.807, 2.05) is 25.1 Å². The Balaban J connectivity index is 2.35. The maximum atomic E-state index is 5.50. The van der Waals surface area contributed by atoms with Crippen LogP contribution < -0.4 is 10.1 Å². The molecule has 1 unspecified atom stereocenters. The van der Waals surface area contributed by atoms with Crippen molar-refractivity contribution in [1.82, 2.24) is 10.3 Å². The Morgan fingerprint density at radius 1 is 1.24 bits per heavy atom. The molecule has 2 rings (SSSR count). The van der Waals surface area contributed by atoms with Crippen molar-refractivity contribution in [3.8, 4) is 5.75 Å². The first kappa shape index (κ1) is 15.9. The maximum absolute atomic E-state index is 5.50. The van der Waals surface area contributed by atoms with E-state index in [2.05, 4.69) is 18.3 Å². The number of thiazole rings is 1. The SMILES string of the molecule is COCCNC(c1nc(C)c(C)s1)c1ccccc1OC. The topological polar surface area (TPSA) is 43.4 Å². The van der Waals surface area contributed by atoms with Gasteiger partial charge >= 0.3 is 0 Å². The average Bonchev–Trinajstić information content (AvgIpc) is 2.83. The van der Waals surface area contributed by atoms with E-state index in [-0.39, 0.29) is 6.04 Å². The van der Waals surface area contributed by atoms with Gasteiger partial charge in [-0.1, -0.05) is 18.2 Å².